The zero-order chi connectivity index (χ0) is 17.5. The molecule has 0 radical (unpaired) electrons. The maximum absolute atomic E-state index is 11.5. The molecule has 9 heteroatoms. The molecule has 1 heterocycles. The van der Waals surface area contributed by atoms with Crippen molar-refractivity contribution < 1.29 is 23.8 Å². The summed E-state index contributed by atoms with van der Waals surface area (Å²) in [6, 6.07) is 7.25. The van der Waals surface area contributed by atoms with Gasteiger partial charge in [0.2, 0.25) is 5.88 Å². The lowest BCUT2D eigenvalue weighted by atomic mass is 10.2. The van der Waals surface area contributed by atoms with E-state index in [4.69, 9.17) is 9.26 Å². The van der Waals surface area contributed by atoms with Crippen LogP contribution in [0.4, 0.5) is 11.6 Å². The topological polar surface area (TPSA) is 125 Å². The molecule has 0 bridgehead atoms. The Bertz CT molecular complexity index is 796. The molecule has 1 N–H and O–H groups in total. The second kappa shape index (κ2) is 7.68. The Morgan fingerprint density at radius 3 is 2.88 bits per heavy atom. The Labute approximate surface area is 136 Å². The van der Waals surface area contributed by atoms with Gasteiger partial charge in [-0.1, -0.05) is 17.3 Å². The monoisotopic (exact) mass is 331 g/mol. The maximum Gasteiger partial charge on any atom is 0.331 e. The van der Waals surface area contributed by atoms with Gasteiger partial charge in [-0.3, -0.25) is 20.2 Å². The summed E-state index contributed by atoms with van der Waals surface area (Å²) in [4.78, 5) is 33.2. The van der Waals surface area contributed by atoms with E-state index < -0.39 is 23.4 Å². The molecule has 1 aromatic carbocycles. The molecule has 0 saturated carbocycles. The number of nitrogens with one attached hydrogen (secondary N) is 1. The summed E-state index contributed by atoms with van der Waals surface area (Å²) in [5.41, 5.74) is 0.970. The van der Waals surface area contributed by atoms with Gasteiger partial charge < -0.3 is 9.26 Å². The number of hydrogen-bond donors (Lipinski definition) is 1. The van der Waals surface area contributed by atoms with E-state index in [0.29, 0.717) is 11.3 Å². The van der Waals surface area contributed by atoms with E-state index in [2.05, 4.69) is 10.5 Å². The molecule has 0 saturated heterocycles. The van der Waals surface area contributed by atoms with Crippen LogP contribution >= 0.6 is 0 Å². The number of esters is 1. The van der Waals surface area contributed by atoms with Crippen LogP contribution in [0.15, 0.2) is 40.9 Å². The van der Waals surface area contributed by atoms with E-state index in [1.165, 1.54) is 30.3 Å². The highest BCUT2D eigenvalue weighted by molar-refractivity contribution is 5.93. The van der Waals surface area contributed by atoms with Gasteiger partial charge in [-0.15, -0.1) is 0 Å². The molecule has 0 aliphatic heterocycles. The van der Waals surface area contributed by atoms with Crippen LogP contribution in [0.2, 0.25) is 0 Å². The van der Waals surface area contributed by atoms with Gasteiger partial charge in [-0.2, -0.15) is 0 Å². The lowest BCUT2D eigenvalue weighted by molar-refractivity contribution is -0.384. The number of rotatable bonds is 6. The molecule has 0 aliphatic carbocycles. The average molecular weight is 331 g/mol. The Morgan fingerprint density at radius 2 is 2.21 bits per heavy atom. The molecule has 0 unspecified atom stereocenters. The molecule has 1 amide bonds. The smallest absolute Gasteiger partial charge is 0.331 e. The highest BCUT2D eigenvalue weighted by Gasteiger charge is 2.09. The van der Waals surface area contributed by atoms with Gasteiger partial charge in [0.1, 0.15) is 0 Å². The molecular weight excluding hydrogens is 318 g/mol. The fourth-order valence-corrected chi connectivity index (χ4v) is 1.69. The predicted octanol–water partition coefficient (Wildman–Crippen LogP) is 2.09. The summed E-state index contributed by atoms with van der Waals surface area (Å²) in [6.45, 7) is 1.19. The molecule has 24 heavy (non-hydrogen) atoms. The van der Waals surface area contributed by atoms with E-state index >= 15 is 0 Å². The van der Waals surface area contributed by atoms with Crippen LogP contribution in [-0.4, -0.2) is 28.6 Å². The SMILES string of the molecule is Cc1cc(NC(=O)COC(=O)/C=C/c2cccc([N+](=O)[O-])c2)on1. The van der Waals surface area contributed by atoms with Crippen molar-refractivity contribution in [1.82, 2.24) is 5.16 Å². The summed E-state index contributed by atoms with van der Waals surface area (Å²) in [7, 11) is 0. The second-order valence-electron chi connectivity index (χ2n) is 4.67. The molecule has 0 spiro atoms. The lowest BCUT2D eigenvalue weighted by Gasteiger charge is -2.01. The number of nitrogens with zero attached hydrogens (tertiary/aromatic N) is 2. The third kappa shape index (κ3) is 5.05. The largest absolute Gasteiger partial charge is 0.452 e. The first-order valence-corrected chi connectivity index (χ1v) is 6.76. The minimum Gasteiger partial charge on any atom is -0.452 e. The van der Waals surface area contributed by atoms with Crippen molar-refractivity contribution in [3.05, 3.63) is 57.8 Å². The maximum atomic E-state index is 11.5. The third-order valence-corrected chi connectivity index (χ3v) is 2.73. The number of hydrogen-bond acceptors (Lipinski definition) is 7. The zero-order valence-electron chi connectivity index (χ0n) is 12.6. The van der Waals surface area contributed by atoms with Gasteiger partial charge in [0.15, 0.2) is 6.61 Å². The minimum atomic E-state index is -0.759. The Balaban J connectivity index is 1.83. The molecule has 0 atom stereocenters. The van der Waals surface area contributed by atoms with Crippen molar-refractivity contribution in [1.29, 1.82) is 0 Å². The first kappa shape index (κ1) is 16.9. The predicted molar refractivity (Wildman–Crippen MR) is 83.0 cm³/mol. The molecule has 124 valence electrons. The van der Waals surface area contributed by atoms with E-state index in [1.807, 2.05) is 0 Å². The number of amides is 1. The Hall–Kier alpha value is -3.49. The number of aryl methyl sites for hydroxylation is 1. The molecule has 1 aromatic heterocycles. The van der Waals surface area contributed by atoms with Crippen molar-refractivity contribution in [3.8, 4) is 0 Å². The summed E-state index contributed by atoms with van der Waals surface area (Å²) in [5, 5.41) is 16.6. The fourth-order valence-electron chi connectivity index (χ4n) is 1.69. The molecule has 9 nitrogen and oxygen atoms in total. The highest BCUT2D eigenvalue weighted by Crippen LogP contribution is 2.14. The lowest BCUT2D eigenvalue weighted by Crippen LogP contribution is -2.19. The van der Waals surface area contributed by atoms with Crippen molar-refractivity contribution in [2.24, 2.45) is 0 Å². The van der Waals surface area contributed by atoms with Gasteiger partial charge >= 0.3 is 5.97 Å². The fraction of sp³-hybridized carbons (Fsp3) is 0.133. The number of non-ortho nitro benzene ring substituents is 1. The number of aromatic nitrogens is 1. The van der Waals surface area contributed by atoms with Crippen LogP contribution in [0.3, 0.4) is 0 Å². The molecular formula is C15H13N3O6. The van der Waals surface area contributed by atoms with E-state index in [1.54, 1.807) is 13.0 Å². The van der Waals surface area contributed by atoms with Gasteiger partial charge in [0.25, 0.3) is 11.6 Å². The highest BCUT2D eigenvalue weighted by atomic mass is 16.6. The number of carbonyl (C=O) groups is 2. The van der Waals surface area contributed by atoms with Crippen LogP contribution in [0, 0.1) is 17.0 Å². The second-order valence-corrected chi connectivity index (χ2v) is 4.67. The summed E-state index contributed by atoms with van der Waals surface area (Å²) >= 11 is 0. The first-order chi connectivity index (χ1) is 11.4. The number of nitro benzene ring substituents is 1. The minimum absolute atomic E-state index is 0.0905. The number of carbonyl (C=O) groups excluding carboxylic acids is 2. The van der Waals surface area contributed by atoms with Gasteiger partial charge in [-0.25, -0.2) is 4.79 Å². The standard InChI is InChI=1S/C15H13N3O6/c1-10-7-14(24-17-10)16-13(19)9-23-15(20)6-5-11-3-2-4-12(8-11)18(21)22/h2-8H,9H2,1H3,(H,16,19)/b6-5+. The molecule has 2 rings (SSSR count). The van der Waals surface area contributed by atoms with E-state index in [0.717, 1.165) is 6.08 Å². The Kier molecular flexibility index (Phi) is 5.40. The van der Waals surface area contributed by atoms with Crippen LogP contribution in [-0.2, 0) is 14.3 Å². The summed E-state index contributed by atoms with van der Waals surface area (Å²) in [5.74, 6) is -1.19. The summed E-state index contributed by atoms with van der Waals surface area (Å²) < 4.78 is 9.53. The van der Waals surface area contributed by atoms with Gasteiger partial charge in [-0.05, 0) is 18.6 Å². The quantitative estimate of drug-likeness (QED) is 0.372. The van der Waals surface area contributed by atoms with Gasteiger partial charge in [0.05, 0.1) is 10.6 Å². The number of ether oxygens (including phenoxy) is 1. The molecule has 0 aliphatic rings. The number of nitro groups is 1. The van der Waals surface area contributed by atoms with Crippen molar-refractivity contribution in [3.63, 3.8) is 0 Å². The van der Waals surface area contributed by atoms with E-state index in [-0.39, 0.29) is 11.6 Å². The zero-order valence-corrected chi connectivity index (χ0v) is 12.6. The van der Waals surface area contributed by atoms with Crippen LogP contribution in [0.1, 0.15) is 11.3 Å². The number of benzene rings is 1. The number of anilines is 1. The van der Waals surface area contributed by atoms with E-state index in [9.17, 15) is 19.7 Å². The first-order valence-electron chi connectivity index (χ1n) is 6.76. The van der Waals surface area contributed by atoms with Crippen molar-refractivity contribution in [2.45, 2.75) is 6.92 Å². The normalized spacial score (nSPS) is 10.5. The van der Waals surface area contributed by atoms with Crippen LogP contribution in [0.5, 0.6) is 0 Å². The van der Waals surface area contributed by atoms with Crippen LogP contribution < -0.4 is 5.32 Å². The third-order valence-electron chi connectivity index (χ3n) is 2.73. The molecule has 2 aromatic rings. The Morgan fingerprint density at radius 1 is 1.42 bits per heavy atom. The van der Waals surface area contributed by atoms with Crippen molar-refractivity contribution in [2.75, 3.05) is 11.9 Å². The molecule has 0 fully saturated rings. The average Bonchev–Trinajstić information content (AvgIpc) is 2.96. The van der Waals surface area contributed by atoms with Crippen molar-refractivity contribution >= 4 is 29.5 Å². The van der Waals surface area contributed by atoms with Crippen LogP contribution in [0.25, 0.3) is 6.08 Å². The van der Waals surface area contributed by atoms with Gasteiger partial charge in [0, 0.05) is 24.3 Å². The summed E-state index contributed by atoms with van der Waals surface area (Å²) in [6.07, 6.45) is 2.43.